The van der Waals surface area contributed by atoms with Gasteiger partial charge in [0.25, 0.3) is 5.91 Å². The van der Waals surface area contributed by atoms with E-state index < -0.39 is 108 Å². The number of aromatic amines is 1. The van der Waals surface area contributed by atoms with E-state index in [2.05, 4.69) is 47.5 Å². The van der Waals surface area contributed by atoms with Crippen LogP contribution in [0.15, 0.2) is 54.7 Å². The maximum Gasteiger partial charge on any atom is 0.326 e. The Bertz CT molecular complexity index is 2350. The number of amides is 7. The fourth-order valence-corrected chi connectivity index (χ4v) is 7.63. The minimum Gasteiger partial charge on any atom is -0.481 e. The first-order chi connectivity index (χ1) is 33.9. The van der Waals surface area contributed by atoms with Gasteiger partial charge in [0.05, 0.1) is 18.2 Å². The van der Waals surface area contributed by atoms with Crippen molar-refractivity contribution in [3.8, 4) is 0 Å². The number of carbonyl (C=O) groups is 9. The van der Waals surface area contributed by atoms with Crippen LogP contribution in [0, 0.1) is 17.8 Å². The summed E-state index contributed by atoms with van der Waals surface area (Å²) in [5.41, 5.74) is 8.29. The van der Waals surface area contributed by atoms with Gasteiger partial charge < -0.3 is 68.6 Å². The maximum absolute atomic E-state index is 13.9. The summed E-state index contributed by atoms with van der Waals surface area (Å²) in [4.78, 5) is 119. The van der Waals surface area contributed by atoms with Crippen LogP contribution >= 0.6 is 0 Å². The van der Waals surface area contributed by atoms with Crippen molar-refractivity contribution in [3.05, 3.63) is 71.4 Å². The topological polar surface area (TPSA) is 352 Å². The standard InChI is InChI=1S/C50H74N10O12/c1-26(2)20-38(58-45(66)35(51)16-17-40(62)63)47(68)56-29(7)43(64)53-19-18-52-37(23-33-25-54-36-15-10-9-14-34(33)36)46(67)55-24-31-12-11-13-32(22-31)44(65)57-39(21-27(3)4)48(69)60-42(30(8)61)49(70)59-41(28(5)6)50(71)72/h9-15,22,25-30,35,37-39,41-42,52,54,61H,16-21,23-24,51H2,1-8H3,(H,53,64)(H,55,67)(H,56,68)(H,57,65)(H,58,66)(H,59,70)(H,60,69)(H,62,63)(H,71,72)/t29-,30+,35-,37-,38-,39-,41-,42-/m0/s1. The van der Waals surface area contributed by atoms with Crippen molar-refractivity contribution in [2.45, 2.75) is 142 Å². The fraction of sp³-hybridized carbons (Fsp3) is 0.540. The third-order valence-electron chi connectivity index (χ3n) is 11.6. The number of H-pyrrole nitrogens is 1. The SMILES string of the molecule is CC(C)C[C@H](NC(=O)c1cccc(CNC(=O)[C@H](Cc2c[nH]c3ccccc23)NCCNC(=O)[C@H](C)NC(=O)[C@H](CC(C)C)NC(=O)[C@@H](N)CCC(=O)O)c1)C(=O)N[C@H](C(=O)N[C@H](C(=O)O)C(C)C)[C@@H](C)O. The quantitative estimate of drug-likeness (QED) is 0.0406. The molecule has 0 spiro atoms. The van der Waals surface area contributed by atoms with Gasteiger partial charge >= 0.3 is 11.9 Å². The van der Waals surface area contributed by atoms with Gasteiger partial charge in [-0.3, -0.25) is 38.4 Å². The predicted molar refractivity (Wildman–Crippen MR) is 268 cm³/mol. The maximum atomic E-state index is 13.9. The molecule has 0 saturated heterocycles. The number of hydrogen-bond acceptors (Lipinski definition) is 12. The van der Waals surface area contributed by atoms with Crippen LogP contribution in [0.2, 0.25) is 0 Å². The van der Waals surface area contributed by atoms with E-state index in [1.807, 2.05) is 58.2 Å². The Morgan fingerprint density at radius 1 is 0.639 bits per heavy atom. The number of hydrogen-bond donors (Lipinski definition) is 13. The molecule has 8 atom stereocenters. The highest BCUT2D eigenvalue weighted by Crippen LogP contribution is 2.20. The van der Waals surface area contributed by atoms with Crippen molar-refractivity contribution in [2.24, 2.45) is 23.5 Å². The molecule has 14 N–H and O–H groups in total. The number of carboxylic acid groups (broad SMARTS) is 2. The number of rotatable bonds is 30. The van der Waals surface area contributed by atoms with Crippen molar-refractivity contribution in [3.63, 3.8) is 0 Å². The smallest absolute Gasteiger partial charge is 0.326 e. The average Bonchev–Trinajstić information content (AvgIpc) is 3.72. The van der Waals surface area contributed by atoms with Crippen molar-refractivity contribution in [1.29, 1.82) is 0 Å². The number of nitrogens with one attached hydrogen (secondary N) is 9. The zero-order valence-electron chi connectivity index (χ0n) is 42.3. The van der Waals surface area contributed by atoms with Gasteiger partial charge in [-0.2, -0.15) is 0 Å². The van der Waals surface area contributed by atoms with E-state index >= 15 is 0 Å². The van der Waals surface area contributed by atoms with Gasteiger partial charge in [-0.05, 0) is 86.6 Å². The first kappa shape index (κ1) is 59.4. The molecule has 0 radical (unpaired) electrons. The normalized spacial score (nSPS) is 14.7. The third-order valence-corrected chi connectivity index (χ3v) is 11.6. The molecule has 2 aromatic carbocycles. The van der Waals surface area contributed by atoms with E-state index in [0.29, 0.717) is 5.56 Å². The number of nitrogens with two attached hydrogens (primary N) is 1. The van der Waals surface area contributed by atoms with E-state index in [0.717, 1.165) is 16.5 Å². The Labute approximate surface area is 419 Å². The average molecular weight is 1010 g/mol. The van der Waals surface area contributed by atoms with Crippen LogP contribution in [0.1, 0.15) is 103 Å². The van der Waals surface area contributed by atoms with Gasteiger partial charge in [0.15, 0.2) is 0 Å². The number of aromatic nitrogens is 1. The van der Waals surface area contributed by atoms with Gasteiger partial charge in [-0.25, -0.2) is 4.79 Å². The second-order valence-corrected chi connectivity index (χ2v) is 19.2. The summed E-state index contributed by atoms with van der Waals surface area (Å²) in [6.07, 6.45) is 0.604. The number of aliphatic hydroxyl groups excluding tert-OH is 1. The molecule has 22 nitrogen and oxygen atoms in total. The summed E-state index contributed by atoms with van der Waals surface area (Å²) in [6.45, 7) is 13.5. The number of benzene rings is 2. The molecule has 0 fully saturated rings. The minimum absolute atomic E-state index is 0.00129. The molecule has 0 bridgehead atoms. The number of aliphatic carboxylic acids is 2. The Hall–Kier alpha value is -6.91. The predicted octanol–water partition coefficient (Wildman–Crippen LogP) is 0.564. The van der Waals surface area contributed by atoms with Gasteiger partial charge in [0.1, 0.15) is 30.2 Å². The molecule has 0 unspecified atom stereocenters. The third kappa shape index (κ3) is 19.4. The first-order valence-electron chi connectivity index (χ1n) is 24.2. The van der Waals surface area contributed by atoms with Crippen molar-refractivity contribution < 1.29 is 58.5 Å². The summed E-state index contributed by atoms with van der Waals surface area (Å²) in [5, 5.41) is 51.4. The molecule has 22 heteroatoms. The van der Waals surface area contributed by atoms with Crippen LogP contribution in [0.5, 0.6) is 0 Å². The van der Waals surface area contributed by atoms with Crippen molar-refractivity contribution in [1.82, 2.24) is 47.5 Å². The zero-order chi connectivity index (χ0) is 53.8. The molecule has 396 valence electrons. The Morgan fingerprint density at radius 3 is 1.88 bits per heavy atom. The number of carbonyl (C=O) groups excluding carboxylic acids is 7. The molecule has 0 aliphatic heterocycles. The monoisotopic (exact) mass is 1010 g/mol. The summed E-state index contributed by atoms with van der Waals surface area (Å²) in [6, 6.07) is 6.07. The van der Waals surface area contributed by atoms with Crippen LogP contribution in [-0.2, 0) is 51.3 Å². The Balaban J connectivity index is 1.68. The highest BCUT2D eigenvalue weighted by Gasteiger charge is 2.34. The second-order valence-electron chi connectivity index (χ2n) is 19.2. The molecule has 1 aromatic heterocycles. The molecule has 0 aliphatic carbocycles. The van der Waals surface area contributed by atoms with E-state index in [1.165, 1.54) is 19.9 Å². The van der Waals surface area contributed by atoms with E-state index in [4.69, 9.17) is 10.8 Å². The summed E-state index contributed by atoms with van der Waals surface area (Å²) in [5.74, 6) is -7.52. The van der Waals surface area contributed by atoms with Crippen LogP contribution in [0.3, 0.4) is 0 Å². The minimum atomic E-state index is -1.52. The van der Waals surface area contributed by atoms with Crippen LogP contribution < -0.4 is 48.3 Å². The summed E-state index contributed by atoms with van der Waals surface area (Å²) in [7, 11) is 0. The van der Waals surface area contributed by atoms with Crippen LogP contribution in [-0.4, -0.2) is 135 Å². The van der Waals surface area contributed by atoms with Crippen molar-refractivity contribution >= 4 is 64.2 Å². The highest BCUT2D eigenvalue weighted by molar-refractivity contribution is 5.99. The lowest BCUT2D eigenvalue weighted by atomic mass is 10.0. The second kappa shape index (κ2) is 28.8. The Morgan fingerprint density at radius 2 is 1.26 bits per heavy atom. The molecule has 0 aliphatic rings. The number of carboxylic acids is 2. The molecule has 3 aromatic rings. The lowest BCUT2D eigenvalue weighted by molar-refractivity contribution is -0.144. The van der Waals surface area contributed by atoms with Gasteiger partial charge in [0, 0.05) is 48.7 Å². The van der Waals surface area contributed by atoms with E-state index in [1.54, 1.807) is 32.0 Å². The highest BCUT2D eigenvalue weighted by atomic mass is 16.4. The largest absolute Gasteiger partial charge is 0.481 e. The van der Waals surface area contributed by atoms with Crippen LogP contribution in [0.25, 0.3) is 10.9 Å². The first-order valence-corrected chi connectivity index (χ1v) is 24.2. The van der Waals surface area contributed by atoms with E-state index in [-0.39, 0.29) is 69.1 Å². The number of para-hydroxylation sites is 1. The molecule has 7 amide bonds. The molecule has 72 heavy (non-hydrogen) atoms. The van der Waals surface area contributed by atoms with Gasteiger partial charge in [0.2, 0.25) is 35.4 Å². The molecule has 3 rings (SSSR count). The Kier molecular flexibility index (Phi) is 23.8. The molecule has 0 saturated carbocycles. The summed E-state index contributed by atoms with van der Waals surface area (Å²) < 4.78 is 0. The lowest BCUT2D eigenvalue weighted by Crippen LogP contribution is -2.59. The zero-order valence-corrected chi connectivity index (χ0v) is 42.3. The lowest BCUT2D eigenvalue weighted by Gasteiger charge is -2.27. The van der Waals surface area contributed by atoms with Gasteiger partial charge in [-0.15, -0.1) is 0 Å². The molecular formula is C50H74N10O12. The number of aliphatic hydroxyl groups is 1. The van der Waals surface area contributed by atoms with E-state index in [9.17, 15) is 53.4 Å². The van der Waals surface area contributed by atoms with Crippen molar-refractivity contribution in [2.75, 3.05) is 13.1 Å². The molecule has 1 heterocycles. The van der Waals surface area contributed by atoms with Crippen LogP contribution in [0.4, 0.5) is 0 Å². The van der Waals surface area contributed by atoms with Gasteiger partial charge in [-0.1, -0.05) is 71.9 Å². The molecular weight excluding hydrogens is 933 g/mol. The fourth-order valence-electron chi connectivity index (χ4n) is 7.63. The number of fused-ring (bicyclic) bond motifs is 1. The summed E-state index contributed by atoms with van der Waals surface area (Å²) >= 11 is 0.